The van der Waals surface area contributed by atoms with Gasteiger partial charge in [0, 0.05) is 24.0 Å². The van der Waals surface area contributed by atoms with E-state index in [9.17, 15) is 4.79 Å². The van der Waals surface area contributed by atoms with Crippen molar-refractivity contribution in [3.8, 4) is 0 Å². The molecule has 96 valence electrons. The monoisotopic (exact) mass is 237 g/mol. The predicted molar refractivity (Wildman–Crippen MR) is 69.5 cm³/mol. The van der Waals surface area contributed by atoms with Gasteiger partial charge in [-0.15, -0.1) is 0 Å². The van der Waals surface area contributed by atoms with E-state index in [0.29, 0.717) is 6.54 Å². The van der Waals surface area contributed by atoms with Crippen LogP contribution in [0.15, 0.2) is 18.5 Å². The van der Waals surface area contributed by atoms with Gasteiger partial charge >= 0.3 is 0 Å². The van der Waals surface area contributed by atoms with Gasteiger partial charge in [-0.2, -0.15) is 0 Å². The quantitative estimate of drug-likeness (QED) is 0.820. The van der Waals surface area contributed by atoms with Crippen molar-refractivity contribution < 1.29 is 4.79 Å². The van der Waals surface area contributed by atoms with Crippen LogP contribution in [0.2, 0.25) is 0 Å². The van der Waals surface area contributed by atoms with Gasteiger partial charge < -0.3 is 15.6 Å². The molecule has 0 aromatic carbocycles. The van der Waals surface area contributed by atoms with Crippen LogP contribution in [0.4, 0.5) is 0 Å². The minimum absolute atomic E-state index is 0.00592. The van der Waals surface area contributed by atoms with Crippen molar-refractivity contribution in [2.45, 2.75) is 52.2 Å². The van der Waals surface area contributed by atoms with Crippen LogP contribution in [-0.2, 0) is 11.3 Å². The first-order chi connectivity index (χ1) is 7.84. The Kier molecular flexibility index (Phi) is 4.34. The van der Waals surface area contributed by atoms with Crippen LogP contribution in [0.5, 0.6) is 0 Å². The molecule has 3 N–H and O–H groups in total. The van der Waals surface area contributed by atoms with Crippen LogP contribution in [0.3, 0.4) is 0 Å². The third kappa shape index (κ3) is 4.23. The number of nitrogens with zero attached hydrogens (tertiary/aromatic N) is 1. The maximum Gasteiger partial charge on any atom is 0.240 e. The second-order valence-electron chi connectivity index (χ2n) is 5.19. The van der Waals surface area contributed by atoms with E-state index in [1.54, 1.807) is 0 Å². The van der Waals surface area contributed by atoms with Crippen LogP contribution >= 0.6 is 0 Å². The fraction of sp³-hybridized carbons (Fsp3) is 0.615. The number of nitrogens with one attached hydrogen (secondary N) is 1. The number of nitrogens with two attached hydrogens (primary N) is 1. The molecule has 0 radical (unpaired) electrons. The normalized spacial score (nSPS) is 13.5. The van der Waals surface area contributed by atoms with E-state index in [0.717, 1.165) is 12.0 Å². The fourth-order valence-electron chi connectivity index (χ4n) is 1.50. The number of rotatable bonds is 5. The molecular weight excluding hydrogens is 214 g/mol. The molecule has 0 spiro atoms. The smallest absolute Gasteiger partial charge is 0.240 e. The molecule has 0 aliphatic rings. The van der Waals surface area contributed by atoms with Gasteiger partial charge in [-0.3, -0.25) is 4.79 Å². The molecule has 1 aromatic heterocycles. The third-order valence-corrected chi connectivity index (χ3v) is 2.99. The molecule has 1 aromatic rings. The zero-order valence-electron chi connectivity index (χ0n) is 11.2. The second kappa shape index (κ2) is 5.36. The highest BCUT2D eigenvalue weighted by molar-refractivity contribution is 5.76. The van der Waals surface area contributed by atoms with Gasteiger partial charge in [-0.25, -0.2) is 0 Å². The van der Waals surface area contributed by atoms with Gasteiger partial charge in [-0.05, 0) is 38.8 Å². The van der Waals surface area contributed by atoms with E-state index < -0.39 is 0 Å². The Morgan fingerprint density at radius 1 is 1.59 bits per heavy atom. The summed E-state index contributed by atoms with van der Waals surface area (Å²) in [6.07, 6.45) is 4.72. The van der Waals surface area contributed by atoms with Gasteiger partial charge in [0.1, 0.15) is 6.54 Å². The lowest BCUT2D eigenvalue weighted by atomic mass is 10.0. The maximum atomic E-state index is 11.8. The third-order valence-electron chi connectivity index (χ3n) is 2.99. The summed E-state index contributed by atoms with van der Waals surface area (Å²) in [6, 6.07) is 1.95. The van der Waals surface area contributed by atoms with E-state index in [1.165, 1.54) is 0 Å². The SMILES string of the molecule is CCC(C)(C)NC(=O)Cn1ccc(C(C)N)c1. The standard InChI is InChI=1S/C13H23N3O/c1-5-13(3,4)15-12(17)9-16-7-6-11(8-16)10(2)14/h6-8,10H,5,9,14H2,1-4H3,(H,15,17). The zero-order chi connectivity index (χ0) is 13.1. The summed E-state index contributed by atoms with van der Waals surface area (Å²) in [5.41, 5.74) is 6.67. The molecular formula is C13H23N3O. The molecule has 0 fully saturated rings. The lowest BCUT2D eigenvalue weighted by Crippen LogP contribution is -2.44. The first-order valence-electron chi connectivity index (χ1n) is 6.06. The molecule has 1 heterocycles. The first kappa shape index (κ1) is 13.8. The van der Waals surface area contributed by atoms with Crippen molar-refractivity contribution in [3.63, 3.8) is 0 Å². The van der Waals surface area contributed by atoms with Gasteiger partial charge in [0.25, 0.3) is 0 Å². The molecule has 0 bridgehead atoms. The van der Waals surface area contributed by atoms with Gasteiger partial charge in [0.15, 0.2) is 0 Å². The van der Waals surface area contributed by atoms with Gasteiger partial charge in [0.05, 0.1) is 0 Å². The number of hydrogen-bond donors (Lipinski definition) is 2. The molecule has 4 nitrogen and oxygen atoms in total. The topological polar surface area (TPSA) is 60.0 Å². The van der Waals surface area contributed by atoms with E-state index in [-0.39, 0.29) is 17.5 Å². The Bertz CT molecular complexity index is 380. The Balaban J connectivity index is 2.56. The van der Waals surface area contributed by atoms with Crippen LogP contribution in [0.25, 0.3) is 0 Å². The maximum absolute atomic E-state index is 11.8. The molecule has 4 heteroatoms. The predicted octanol–water partition coefficient (Wildman–Crippen LogP) is 1.81. The number of carbonyl (C=O) groups is 1. The largest absolute Gasteiger partial charge is 0.350 e. The highest BCUT2D eigenvalue weighted by Crippen LogP contribution is 2.10. The second-order valence-corrected chi connectivity index (χ2v) is 5.19. The summed E-state index contributed by atoms with van der Waals surface area (Å²) in [7, 11) is 0. The van der Waals surface area contributed by atoms with Gasteiger partial charge in [-0.1, -0.05) is 6.92 Å². The van der Waals surface area contributed by atoms with Crippen molar-refractivity contribution in [2.75, 3.05) is 0 Å². The van der Waals surface area contributed by atoms with Gasteiger partial charge in [0.2, 0.25) is 5.91 Å². The molecule has 0 aliphatic carbocycles. The Labute approximate surface area is 103 Å². The van der Waals surface area contributed by atoms with Crippen molar-refractivity contribution in [1.82, 2.24) is 9.88 Å². The molecule has 1 unspecified atom stereocenters. The van der Waals surface area contributed by atoms with Crippen LogP contribution < -0.4 is 11.1 Å². The summed E-state index contributed by atoms with van der Waals surface area (Å²) in [4.78, 5) is 11.8. The first-order valence-corrected chi connectivity index (χ1v) is 6.06. The molecule has 1 amide bonds. The molecule has 1 atom stereocenters. The number of hydrogen-bond acceptors (Lipinski definition) is 2. The lowest BCUT2D eigenvalue weighted by molar-refractivity contribution is -0.123. The average molecular weight is 237 g/mol. The van der Waals surface area contributed by atoms with Crippen LogP contribution in [0, 0.1) is 0 Å². The fourth-order valence-corrected chi connectivity index (χ4v) is 1.50. The molecule has 1 rings (SSSR count). The molecule has 17 heavy (non-hydrogen) atoms. The van der Waals surface area contributed by atoms with Crippen molar-refractivity contribution >= 4 is 5.91 Å². The molecule has 0 saturated carbocycles. The highest BCUT2D eigenvalue weighted by atomic mass is 16.2. The summed E-state index contributed by atoms with van der Waals surface area (Å²) in [5.74, 6) is 0.0312. The van der Waals surface area contributed by atoms with Crippen molar-refractivity contribution in [1.29, 1.82) is 0 Å². The van der Waals surface area contributed by atoms with Crippen LogP contribution in [0.1, 0.15) is 45.7 Å². The summed E-state index contributed by atoms with van der Waals surface area (Å²) in [6.45, 7) is 8.38. The van der Waals surface area contributed by atoms with Crippen molar-refractivity contribution in [2.24, 2.45) is 5.73 Å². The van der Waals surface area contributed by atoms with E-state index in [2.05, 4.69) is 12.2 Å². The summed E-state index contributed by atoms with van der Waals surface area (Å²) >= 11 is 0. The highest BCUT2D eigenvalue weighted by Gasteiger charge is 2.17. The van der Waals surface area contributed by atoms with E-state index >= 15 is 0 Å². The molecule has 0 saturated heterocycles. The Morgan fingerprint density at radius 2 is 2.24 bits per heavy atom. The number of carbonyl (C=O) groups excluding carboxylic acids is 1. The summed E-state index contributed by atoms with van der Waals surface area (Å²) < 4.78 is 1.86. The Morgan fingerprint density at radius 3 is 2.71 bits per heavy atom. The number of amides is 1. The lowest BCUT2D eigenvalue weighted by Gasteiger charge is -2.24. The number of aromatic nitrogens is 1. The zero-order valence-corrected chi connectivity index (χ0v) is 11.2. The van der Waals surface area contributed by atoms with Crippen molar-refractivity contribution in [3.05, 3.63) is 24.0 Å². The Hall–Kier alpha value is -1.29. The van der Waals surface area contributed by atoms with Crippen LogP contribution in [-0.4, -0.2) is 16.0 Å². The summed E-state index contributed by atoms with van der Waals surface area (Å²) in [5, 5.41) is 3.00. The van der Waals surface area contributed by atoms with E-state index in [1.807, 2.05) is 43.8 Å². The van der Waals surface area contributed by atoms with E-state index in [4.69, 9.17) is 5.73 Å². The minimum Gasteiger partial charge on any atom is -0.350 e. The molecule has 0 aliphatic heterocycles. The average Bonchev–Trinajstić information content (AvgIpc) is 2.65. The minimum atomic E-state index is -0.145.